The third kappa shape index (κ3) is 3.16. The minimum Gasteiger partial charge on any atom is -0.477 e. The van der Waals surface area contributed by atoms with Crippen LogP contribution < -0.4 is 5.32 Å². The third-order valence-corrected chi connectivity index (χ3v) is 2.80. The molecule has 100 valence electrons. The highest BCUT2D eigenvalue weighted by atomic mass is 32.2. The fraction of sp³-hybridized carbons (Fsp3) is 0.182. The number of aromatic carboxylic acids is 1. The van der Waals surface area contributed by atoms with Crippen LogP contribution in [0.5, 0.6) is 0 Å². The third-order valence-electron chi connectivity index (χ3n) is 2.22. The van der Waals surface area contributed by atoms with Crippen LogP contribution in [-0.2, 0) is 5.75 Å². The Labute approximate surface area is 112 Å². The molecule has 0 bridgehead atoms. The van der Waals surface area contributed by atoms with Gasteiger partial charge in [-0.25, -0.2) is 4.79 Å². The van der Waals surface area contributed by atoms with Crippen molar-refractivity contribution in [3.05, 3.63) is 35.4 Å². The molecule has 1 amide bonds. The van der Waals surface area contributed by atoms with E-state index < -0.39 is 11.9 Å². The molecule has 0 aliphatic carbocycles. The zero-order valence-corrected chi connectivity index (χ0v) is 10.8. The number of nitrogens with one attached hydrogen (secondary N) is 2. The van der Waals surface area contributed by atoms with Crippen LogP contribution in [0, 0.1) is 0 Å². The van der Waals surface area contributed by atoms with Crippen LogP contribution in [-0.4, -0.2) is 33.4 Å². The van der Waals surface area contributed by atoms with E-state index in [2.05, 4.69) is 15.5 Å². The first kappa shape index (κ1) is 13.2. The standard InChI is InChI=1S/C11H11N3O4S/c1-19-5-6-2-3-8(18-6)10(15)12-9-4-7(11(16)17)13-14-9/h2-4H,5H2,1H3,(H,16,17)(H2,12,13,14,15). The van der Waals surface area contributed by atoms with Gasteiger partial charge in [-0.2, -0.15) is 16.9 Å². The molecule has 0 saturated heterocycles. The Kier molecular flexibility index (Phi) is 3.91. The van der Waals surface area contributed by atoms with E-state index in [1.54, 1.807) is 23.9 Å². The summed E-state index contributed by atoms with van der Waals surface area (Å²) < 4.78 is 5.33. The lowest BCUT2D eigenvalue weighted by Crippen LogP contribution is -2.11. The number of carbonyl (C=O) groups is 2. The summed E-state index contributed by atoms with van der Waals surface area (Å²) in [6, 6.07) is 4.51. The lowest BCUT2D eigenvalue weighted by molar-refractivity contribution is 0.0690. The molecular formula is C11H11N3O4S. The summed E-state index contributed by atoms with van der Waals surface area (Å²) in [6.07, 6.45) is 1.93. The summed E-state index contributed by atoms with van der Waals surface area (Å²) in [6.45, 7) is 0. The monoisotopic (exact) mass is 281 g/mol. The van der Waals surface area contributed by atoms with Crippen molar-refractivity contribution in [2.75, 3.05) is 11.6 Å². The van der Waals surface area contributed by atoms with E-state index in [0.717, 1.165) is 0 Å². The van der Waals surface area contributed by atoms with Gasteiger partial charge in [-0.05, 0) is 18.4 Å². The summed E-state index contributed by atoms with van der Waals surface area (Å²) in [5.41, 5.74) is -0.0992. The second-order valence-electron chi connectivity index (χ2n) is 3.63. The van der Waals surface area contributed by atoms with Crippen molar-refractivity contribution in [2.24, 2.45) is 0 Å². The number of amides is 1. The molecule has 2 rings (SSSR count). The van der Waals surface area contributed by atoms with Crippen molar-refractivity contribution >= 4 is 29.5 Å². The predicted molar refractivity (Wildman–Crippen MR) is 69.4 cm³/mol. The summed E-state index contributed by atoms with van der Waals surface area (Å²) in [4.78, 5) is 22.4. The van der Waals surface area contributed by atoms with Crippen LogP contribution in [0.2, 0.25) is 0 Å². The lowest BCUT2D eigenvalue weighted by atomic mass is 10.4. The average Bonchev–Trinajstić information content (AvgIpc) is 2.98. The molecule has 7 nitrogen and oxygen atoms in total. The molecule has 0 saturated carbocycles. The minimum absolute atomic E-state index is 0.0992. The van der Waals surface area contributed by atoms with E-state index in [4.69, 9.17) is 9.52 Å². The summed E-state index contributed by atoms with van der Waals surface area (Å²) in [5.74, 6) is 0.0443. The van der Waals surface area contributed by atoms with Gasteiger partial charge < -0.3 is 14.8 Å². The quantitative estimate of drug-likeness (QED) is 0.771. The second kappa shape index (κ2) is 5.61. The topological polar surface area (TPSA) is 108 Å². The molecule has 0 fully saturated rings. The fourth-order valence-corrected chi connectivity index (χ4v) is 1.83. The van der Waals surface area contributed by atoms with Gasteiger partial charge in [0.05, 0.1) is 5.75 Å². The Bertz CT molecular complexity index is 605. The van der Waals surface area contributed by atoms with Crippen molar-refractivity contribution in [2.45, 2.75) is 5.75 Å². The Morgan fingerprint density at radius 2 is 2.32 bits per heavy atom. The zero-order valence-electron chi connectivity index (χ0n) is 9.97. The van der Waals surface area contributed by atoms with Crippen LogP contribution in [0.4, 0.5) is 5.82 Å². The maximum Gasteiger partial charge on any atom is 0.353 e. The Morgan fingerprint density at radius 3 is 2.95 bits per heavy atom. The first-order valence-electron chi connectivity index (χ1n) is 5.28. The van der Waals surface area contributed by atoms with Crippen LogP contribution >= 0.6 is 11.8 Å². The predicted octanol–water partition coefficient (Wildman–Crippen LogP) is 1.82. The van der Waals surface area contributed by atoms with Gasteiger partial charge in [0, 0.05) is 6.07 Å². The number of H-pyrrole nitrogens is 1. The second-order valence-corrected chi connectivity index (χ2v) is 4.49. The highest BCUT2D eigenvalue weighted by Crippen LogP contribution is 2.15. The molecule has 0 aliphatic rings. The molecule has 2 aromatic heterocycles. The zero-order chi connectivity index (χ0) is 13.8. The average molecular weight is 281 g/mol. The molecule has 0 aliphatic heterocycles. The van der Waals surface area contributed by atoms with Crippen molar-refractivity contribution in [1.29, 1.82) is 0 Å². The number of hydrogen-bond acceptors (Lipinski definition) is 5. The van der Waals surface area contributed by atoms with Crippen LogP contribution in [0.3, 0.4) is 0 Å². The number of thioether (sulfide) groups is 1. The molecule has 2 heterocycles. The maximum atomic E-state index is 11.8. The molecule has 3 N–H and O–H groups in total. The molecule has 0 spiro atoms. The molecule has 0 unspecified atom stereocenters. The Hall–Kier alpha value is -2.22. The van der Waals surface area contributed by atoms with Gasteiger partial charge in [0.25, 0.3) is 5.91 Å². The van der Waals surface area contributed by atoms with Gasteiger partial charge in [0.15, 0.2) is 11.6 Å². The van der Waals surface area contributed by atoms with Crippen molar-refractivity contribution in [1.82, 2.24) is 10.2 Å². The summed E-state index contributed by atoms with van der Waals surface area (Å²) >= 11 is 1.58. The van der Waals surface area contributed by atoms with Crippen LogP contribution in [0.25, 0.3) is 0 Å². The number of aromatic amines is 1. The number of aromatic nitrogens is 2. The summed E-state index contributed by atoms with van der Waals surface area (Å²) in [5, 5.41) is 17.1. The van der Waals surface area contributed by atoms with Gasteiger partial charge in [-0.3, -0.25) is 9.89 Å². The van der Waals surface area contributed by atoms with E-state index in [9.17, 15) is 9.59 Å². The van der Waals surface area contributed by atoms with E-state index >= 15 is 0 Å². The normalized spacial score (nSPS) is 10.4. The van der Waals surface area contributed by atoms with Crippen molar-refractivity contribution < 1.29 is 19.1 Å². The number of rotatable bonds is 5. The number of anilines is 1. The van der Waals surface area contributed by atoms with Gasteiger partial charge in [-0.1, -0.05) is 0 Å². The van der Waals surface area contributed by atoms with E-state index in [0.29, 0.717) is 11.5 Å². The molecule has 2 aromatic rings. The molecule has 19 heavy (non-hydrogen) atoms. The molecule has 0 atom stereocenters. The van der Waals surface area contributed by atoms with Gasteiger partial charge >= 0.3 is 5.97 Å². The molecule has 0 radical (unpaired) electrons. The molecule has 0 aromatic carbocycles. The molecule has 8 heteroatoms. The number of hydrogen-bond donors (Lipinski definition) is 3. The minimum atomic E-state index is -1.15. The smallest absolute Gasteiger partial charge is 0.353 e. The first-order valence-corrected chi connectivity index (χ1v) is 6.67. The highest BCUT2D eigenvalue weighted by molar-refractivity contribution is 7.97. The van der Waals surface area contributed by atoms with E-state index in [1.807, 2.05) is 6.26 Å². The van der Waals surface area contributed by atoms with Gasteiger partial charge in [0.2, 0.25) is 0 Å². The number of carbonyl (C=O) groups excluding carboxylic acids is 1. The number of carboxylic acid groups (broad SMARTS) is 1. The Morgan fingerprint density at radius 1 is 1.53 bits per heavy atom. The number of nitrogens with zero attached hydrogens (tertiary/aromatic N) is 1. The number of furan rings is 1. The van der Waals surface area contributed by atoms with E-state index in [-0.39, 0.29) is 17.3 Å². The number of carboxylic acids is 1. The molecular weight excluding hydrogens is 270 g/mol. The SMILES string of the molecule is CSCc1ccc(C(=O)Nc2cc(C(=O)O)[nH]n2)o1. The summed E-state index contributed by atoms with van der Waals surface area (Å²) in [7, 11) is 0. The van der Waals surface area contributed by atoms with Crippen molar-refractivity contribution in [3.8, 4) is 0 Å². The van der Waals surface area contributed by atoms with E-state index in [1.165, 1.54) is 6.07 Å². The van der Waals surface area contributed by atoms with Crippen molar-refractivity contribution in [3.63, 3.8) is 0 Å². The highest BCUT2D eigenvalue weighted by Gasteiger charge is 2.14. The lowest BCUT2D eigenvalue weighted by Gasteiger charge is -1.97. The van der Waals surface area contributed by atoms with Gasteiger partial charge in [0.1, 0.15) is 11.5 Å². The van der Waals surface area contributed by atoms with Crippen LogP contribution in [0.15, 0.2) is 22.6 Å². The van der Waals surface area contributed by atoms with Crippen LogP contribution in [0.1, 0.15) is 26.8 Å². The largest absolute Gasteiger partial charge is 0.477 e. The Balaban J connectivity index is 2.04. The van der Waals surface area contributed by atoms with Gasteiger partial charge in [-0.15, -0.1) is 0 Å². The first-order chi connectivity index (χ1) is 9.10. The fourth-order valence-electron chi connectivity index (χ4n) is 1.39. The maximum absolute atomic E-state index is 11.8.